The van der Waals surface area contributed by atoms with E-state index >= 15 is 0 Å². The van der Waals surface area contributed by atoms with Crippen LogP contribution in [0.5, 0.6) is 17.2 Å². The third kappa shape index (κ3) is 5.21. The number of phenolic OH excluding ortho intramolecular Hbond substituents is 1. The Morgan fingerprint density at radius 2 is 1.89 bits per heavy atom. The number of rotatable bonds is 6. The van der Waals surface area contributed by atoms with Gasteiger partial charge in [-0.05, 0) is 54.8 Å². The van der Waals surface area contributed by atoms with Gasteiger partial charge in [0, 0.05) is 18.3 Å². The summed E-state index contributed by atoms with van der Waals surface area (Å²) in [5.74, 6) is -0.0375. The van der Waals surface area contributed by atoms with Crippen molar-refractivity contribution in [2.45, 2.75) is 31.8 Å². The molecule has 1 saturated carbocycles. The number of carbonyl (C=O) groups is 1. The van der Waals surface area contributed by atoms with E-state index < -0.39 is 6.36 Å². The number of hydrogen-bond acceptors (Lipinski definition) is 4. The molecule has 2 N–H and O–H groups in total. The summed E-state index contributed by atoms with van der Waals surface area (Å²) in [5, 5.41) is 12.4. The van der Waals surface area contributed by atoms with E-state index in [0.717, 1.165) is 30.5 Å². The number of alkyl halides is 3. The Morgan fingerprint density at radius 1 is 1.21 bits per heavy atom. The second-order valence-electron chi connectivity index (χ2n) is 6.37. The highest BCUT2D eigenvalue weighted by atomic mass is 19.4. The second kappa shape index (κ2) is 7.87. The largest absolute Gasteiger partial charge is 0.573 e. The Morgan fingerprint density at radius 3 is 2.46 bits per heavy atom. The molecule has 0 radical (unpaired) electrons. The third-order valence-electron chi connectivity index (χ3n) is 4.18. The predicted octanol–water partition coefficient (Wildman–Crippen LogP) is 4.50. The zero-order chi connectivity index (χ0) is 20.3. The molecule has 1 aliphatic carbocycles. The monoisotopic (exact) mass is 396 g/mol. The van der Waals surface area contributed by atoms with Crippen LogP contribution in [-0.4, -0.2) is 35.6 Å². The molecule has 6 nitrogen and oxygen atoms in total. The van der Waals surface area contributed by atoms with Crippen LogP contribution in [0, 0.1) is 0 Å². The summed E-state index contributed by atoms with van der Waals surface area (Å²) in [6.45, 7) is 0.308. The number of benzene rings is 2. The molecule has 28 heavy (non-hydrogen) atoms. The number of amides is 2. The van der Waals surface area contributed by atoms with Crippen molar-refractivity contribution in [3.05, 3.63) is 48.0 Å². The van der Waals surface area contributed by atoms with Gasteiger partial charge in [-0.15, -0.1) is 13.2 Å². The zero-order valence-electron chi connectivity index (χ0n) is 15.0. The fraction of sp³-hybridized carbons (Fsp3) is 0.316. The van der Waals surface area contributed by atoms with E-state index in [1.54, 1.807) is 17.0 Å². The number of ether oxygens (including phenoxy) is 2. The van der Waals surface area contributed by atoms with Crippen molar-refractivity contribution in [1.29, 1.82) is 0 Å². The van der Waals surface area contributed by atoms with Gasteiger partial charge < -0.3 is 24.8 Å². The highest BCUT2D eigenvalue weighted by molar-refractivity contribution is 5.89. The van der Waals surface area contributed by atoms with Crippen LogP contribution in [0.1, 0.15) is 18.4 Å². The summed E-state index contributed by atoms with van der Waals surface area (Å²) >= 11 is 0. The Balaban J connectivity index is 1.67. The van der Waals surface area contributed by atoms with Crippen molar-refractivity contribution in [2.24, 2.45) is 0 Å². The summed E-state index contributed by atoms with van der Waals surface area (Å²) in [7, 11) is 1.44. The minimum absolute atomic E-state index is 0.00911. The average molecular weight is 396 g/mol. The molecular formula is C19H19F3N2O4. The smallest absolute Gasteiger partial charge is 0.504 e. The molecule has 2 amide bonds. The van der Waals surface area contributed by atoms with E-state index in [1.165, 1.54) is 25.3 Å². The van der Waals surface area contributed by atoms with Gasteiger partial charge >= 0.3 is 12.4 Å². The van der Waals surface area contributed by atoms with Gasteiger partial charge in [-0.25, -0.2) is 4.79 Å². The van der Waals surface area contributed by atoms with Crippen LogP contribution in [-0.2, 0) is 6.54 Å². The molecule has 0 aromatic heterocycles. The van der Waals surface area contributed by atoms with Crippen molar-refractivity contribution in [3.63, 3.8) is 0 Å². The van der Waals surface area contributed by atoms with Crippen LogP contribution in [0.2, 0.25) is 0 Å². The number of hydrogen-bond donors (Lipinski definition) is 2. The number of methoxy groups -OCH3 is 1. The van der Waals surface area contributed by atoms with Gasteiger partial charge in [0.15, 0.2) is 11.5 Å². The molecule has 9 heteroatoms. The molecule has 0 atom stereocenters. The lowest BCUT2D eigenvalue weighted by Gasteiger charge is -2.23. The zero-order valence-corrected chi connectivity index (χ0v) is 15.0. The first-order chi connectivity index (χ1) is 13.2. The van der Waals surface area contributed by atoms with Crippen molar-refractivity contribution >= 4 is 11.7 Å². The molecular weight excluding hydrogens is 377 g/mol. The Labute approximate surface area is 159 Å². The minimum Gasteiger partial charge on any atom is -0.504 e. The van der Waals surface area contributed by atoms with E-state index in [1.807, 2.05) is 0 Å². The van der Waals surface area contributed by atoms with E-state index in [9.17, 15) is 23.1 Å². The maximum Gasteiger partial charge on any atom is 0.573 e. The maximum absolute atomic E-state index is 12.7. The lowest BCUT2D eigenvalue weighted by molar-refractivity contribution is -0.274. The van der Waals surface area contributed by atoms with Crippen LogP contribution < -0.4 is 14.8 Å². The van der Waals surface area contributed by atoms with Crippen LogP contribution in [0.3, 0.4) is 0 Å². The van der Waals surface area contributed by atoms with Crippen LogP contribution >= 0.6 is 0 Å². The number of nitrogens with one attached hydrogen (secondary N) is 1. The molecule has 1 aliphatic rings. The van der Waals surface area contributed by atoms with Crippen LogP contribution in [0.15, 0.2) is 42.5 Å². The summed E-state index contributed by atoms with van der Waals surface area (Å²) in [4.78, 5) is 14.3. The summed E-state index contributed by atoms with van der Waals surface area (Å²) in [5.41, 5.74) is 1.14. The third-order valence-corrected chi connectivity index (χ3v) is 4.18. The molecule has 0 saturated heterocycles. The normalized spacial score (nSPS) is 13.7. The highest BCUT2D eigenvalue weighted by Crippen LogP contribution is 2.32. The summed E-state index contributed by atoms with van der Waals surface area (Å²) in [6.07, 6.45) is -3.01. The fourth-order valence-corrected chi connectivity index (χ4v) is 2.71. The van der Waals surface area contributed by atoms with Gasteiger partial charge in [0.1, 0.15) is 5.75 Å². The highest BCUT2D eigenvalue weighted by Gasteiger charge is 2.33. The number of carbonyl (C=O) groups excluding carboxylic acids is 1. The van der Waals surface area contributed by atoms with Gasteiger partial charge in [-0.3, -0.25) is 0 Å². The lowest BCUT2D eigenvalue weighted by atomic mass is 10.2. The molecule has 0 heterocycles. The van der Waals surface area contributed by atoms with Crippen molar-refractivity contribution in [1.82, 2.24) is 4.90 Å². The molecule has 2 aromatic carbocycles. The van der Waals surface area contributed by atoms with Crippen LogP contribution in [0.25, 0.3) is 0 Å². The van der Waals surface area contributed by atoms with E-state index in [2.05, 4.69) is 10.1 Å². The minimum atomic E-state index is -4.77. The number of anilines is 1. The van der Waals surface area contributed by atoms with E-state index in [4.69, 9.17) is 4.74 Å². The molecule has 3 rings (SSSR count). The number of phenols is 1. The first-order valence-corrected chi connectivity index (χ1v) is 8.54. The molecule has 1 fully saturated rings. The predicted molar refractivity (Wildman–Crippen MR) is 95.4 cm³/mol. The standard InChI is InChI=1S/C19H19F3N2O4/c1-27-17-10-12(2-9-16(17)25)11-24(14-5-6-14)18(26)23-13-3-7-15(8-4-13)28-19(20,21)22/h2-4,7-10,14,25H,5-6,11H2,1H3,(H,23,26). The number of nitrogens with zero attached hydrogens (tertiary/aromatic N) is 1. The first-order valence-electron chi connectivity index (χ1n) is 8.54. The average Bonchev–Trinajstić information content (AvgIpc) is 3.46. The SMILES string of the molecule is COc1cc(CN(C(=O)Nc2ccc(OC(F)(F)F)cc2)C2CC2)ccc1O. The summed E-state index contributed by atoms with van der Waals surface area (Å²) < 4.78 is 45.5. The molecule has 0 unspecified atom stereocenters. The topological polar surface area (TPSA) is 71.0 Å². The van der Waals surface area contributed by atoms with E-state index in [-0.39, 0.29) is 23.6 Å². The molecule has 2 aromatic rings. The van der Waals surface area contributed by atoms with Gasteiger partial charge in [-0.1, -0.05) is 6.07 Å². The Bertz CT molecular complexity index is 836. The van der Waals surface area contributed by atoms with Gasteiger partial charge in [0.2, 0.25) is 0 Å². The van der Waals surface area contributed by atoms with Gasteiger partial charge in [0.25, 0.3) is 0 Å². The molecule has 150 valence electrons. The van der Waals surface area contributed by atoms with Gasteiger partial charge in [-0.2, -0.15) is 0 Å². The second-order valence-corrected chi connectivity index (χ2v) is 6.37. The quantitative estimate of drug-likeness (QED) is 0.755. The Kier molecular flexibility index (Phi) is 5.53. The first kappa shape index (κ1) is 19.7. The fourth-order valence-electron chi connectivity index (χ4n) is 2.71. The number of halogens is 3. The molecule has 0 bridgehead atoms. The van der Waals surface area contributed by atoms with Crippen molar-refractivity contribution in [3.8, 4) is 17.2 Å². The molecule has 0 spiro atoms. The van der Waals surface area contributed by atoms with Crippen molar-refractivity contribution in [2.75, 3.05) is 12.4 Å². The Hall–Kier alpha value is -3.10. The lowest BCUT2D eigenvalue weighted by Crippen LogP contribution is -2.36. The van der Waals surface area contributed by atoms with Crippen LogP contribution in [0.4, 0.5) is 23.7 Å². The molecule has 0 aliphatic heterocycles. The van der Waals surface area contributed by atoms with Crippen molar-refractivity contribution < 1.29 is 32.5 Å². The maximum atomic E-state index is 12.7. The number of aromatic hydroxyl groups is 1. The van der Waals surface area contributed by atoms with Gasteiger partial charge in [0.05, 0.1) is 7.11 Å². The summed E-state index contributed by atoms with van der Waals surface area (Å²) in [6, 6.07) is 9.53. The number of urea groups is 1. The van der Waals surface area contributed by atoms with E-state index in [0.29, 0.717) is 18.0 Å².